The Kier molecular flexibility index (Phi) is 5.73. The van der Waals surface area contributed by atoms with Gasteiger partial charge in [-0.1, -0.05) is 30.8 Å². The largest absolute Gasteiger partial charge is 0.508 e. The van der Waals surface area contributed by atoms with Gasteiger partial charge in [0.05, 0.1) is 5.56 Å². The highest BCUT2D eigenvalue weighted by Gasteiger charge is 2.09. The normalized spacial score (nSPS) is 10.0. The fraction of sp³-hybridized carbons (Fsp3) is 0.158. The van der Waals surface area contributed by atoms with Gasteiger partial charge < -0.3 is 14.6 Å². The summed E-state index contributed by atoms with van der Waals surface area (Å²) < 4.78 is 9.88. The lowest BCUT2D eigenvalue weighted by atomic mass is 10.0. The highest BCUT2D eigenvalue weighted by molar-refractivity contribution is 5.90. The van der Waals surface area contributed by atoms with E-state index in [0.717, 1.165) is 11.1 Å². The first-order valence-corrected chi connectivity index (χ1v) is 7.36. The van der Waals surface area contributed by atoms with Crippen molar-refractivity contribution >= 4 is 11.9 Å². The van der Waals surface area contributed by atoms with Crippen LogP contribution < -0.4 is 0 Å². The number of rotatable bonds is 6. The summed E-state index contributed by atoms with van der Waals surface area (Å²) in [5.74, 6) is -0.797. The fourth-order valence-corrected chi connectivity index (χ4v) is 1.93. The number of carbonyl (C=O) groups is 2. The third kappa shape index (κ3) is 4.71. The lowest BCUT2D eigenvalue weighted by Crippen LogP contribution is -2.14. The Labute approximate surface area is 140 Å². The molecule has 0 amide bonds. The fourth-order valence-electron chi connectivity index (χ4n) is 1.93. The Morgan fingerprint density at radius 1 is 0.917 bits per heavy atom. The number of esters is 2. The molecule has 124 valence electrons. The molecule has 0 radical (unpaired) electrons. The standard InChI is InChI=1S/C19H18O5/c1-13(2)18(21)23-11-12-24-19(22)16-5-3-14(4-6-16)15-7-9-17(20)10-8-15/h3-10,20H,1,11-12H2,2H3. The van der Waals surface area contributed by atoms with Crippen LogP contribution in [0.2, 0.25) is 0 Å². The van der Waals surface area contributed by atoms with Crippen molar-refractivity contribution in [2.75, 3.05) is 13.2 Å². The van der Waals surface area contributed by atoms with E-state index in [9.17, 15) is 14.7 Å². The number of phenols is 1. The van der Waals surface area contributed by atoms with Crippen molar-refractivity contribution in [3.05, 3.63) is 66.2 Å². The molecule has 5 nitrogen and oxygen atoms in total. The van der Waals surface area contributed by atoms with Crippen LogP contribution in [0.5, 0.6) is 5.75 Å². The van der Waals surface area contributed by atoms with Crippen LogP contribution in [-0.4, -0.2) is 30.3 Å². The molecule has 0 unspecified atom stereocenters. The molecule has 0 fully saturated rings. The highest BCUT2D eigenvalue weighted by atomic mass is 16.6. The first-order valence-electron chi connectivity index (χ1n) is 7.36. The maximum Gasteiger partial charge on any atom is 0.338 e. The van der Waals surface area contributed by atoms with Gasteiger partial charge in [-0.15, -0.1) is 0 Å². The molecule has 2 rings (SSSR count). The maximum absolute atomic E-state index is 11.9. The zero-order valence-electron chi connectivity index (χ0n) is 13.3. The number of ether oxygens (including phenoxy) is 2. The van der Waals surface area contributed by atoms with Crippen LogP contribution in [0.4, 0.5) is 0 Å². The summed E-state index contributed by atoms with van der Waals surface area (Å²) >= 11 is 0. The molecule has 0 saturated carbocycles. The van der Waals surface area contributed by atoms with Crippen molar-refractivity contribution in [1.29, 1.82) is 0 Å². The topological polar surface area (TPSA) is 72.8 Å². The van der Waals surface area contributed by atoms with Gasteiger partial charge >= 0.3 is 11.9 Å². The SMILES string of the molecule is C=C(C)C(=O)OCCOC(=O)c1ccc(-c2ccc(O)cc2)cc1. The summed E-state index contributed by atoms with van der Waals surface area (Å²) in [6.07, 6.45) is 0. The quantitative estimate of drug-likeness (QED) is 0.501. The van der Waals surface area contributed by atoms with E-state index >= 15 is 0 Å². The molecule has 2 aromatic rings. The summed E-state index contributed by atoms with van der Waals surface area (Å²) in [7, 11) is 0. The molecule has 0 spiro atoms. The van der Waals surface area contributed by atoms with Crippen molar-refractivity contribution in [3.8, 4) is 16.9 Å². The predicted octanol–water partition coefficient (Wildman–Crippen LogP) is 3.34. The number of carbonyl (C=O) groups excluding carboxylic acids is 2. The molecule has 0 aliphatic heterocycles. The van der Waals surface area contributed by atoms with Gasteiger partial charge in [0.15, 0.2) is 0 Å². The lowest BCUT2D eigenvalue weighted by Gasteiger charge is -2.07. The molecule has 0 saturated heterocycles. The minimum Gasteiger partial charge on any atom is -0.508 e. The molecule has 0 bridgehead atoms. The lowest BCUT2D eigenvalue weighted by molar-refractivity contribution is -0.140. The monoisotopic (exact) mass is 326 g/mol. The maximum atomic E-state index is 11.9. The van der Waals surface area contributed by atoms with E-state index < -0.39 is 11.9 Å². The molecule has 2 aromatic carbocycles. The number of phenolic OH excluding ortho intramolecular Hbond substituents is 1. The summed E-state index contributed by atoms with van der Waals surface area (Å²) in [5, 5.41) is 9.29. The van der Waals surface area contributed by atoms with Crippen molar-refractivity contribution in [2.45, 2.75) is 6.92 Å². The first kappa shape index (κ1) is 17.3. The molecular weight excluding hydrogens is 308 g/mol. The van der Waals surface area contributed by atoms with E-state index in [2.05, 4.69) is 6.58 Å². The molecule has 0 aliphatic carbocycles. The average Bonchev–Trinajstić information content (AvgIpc) is 2.59. The van der Waals surface area contributed by atoms with E-state index in [1.54, 1.807) is 55.5 Å². The average molecular weight is 326 g/mol. The smallest absolute Gasteiger partial charge is 0.338 e. The van der Waals surface area contributed by atoms with E-state index in [0.29, 0.717) is 11.1 Å². The Hall–Kier alpha value is -3.08. The number of benzene rings is 2. The van der Waals surface area contributed by atoms with Crippen LogP contribution in [0, 0.1) is 0 Å². The number of hydrogen-bond acceptors (Lipinski definition) is 5. The highest BCUT2D eigenvalue weighted by Crippen LogP contribution is 2.22. The zero-order valence-corrected chi connectivity index (χ0v) is 13.3. The summed E-state index contributed by atoms with van der Waals surface area (Å²) in [4.78, 5) is 23.1. The van der Waals surface area contributed by atoms with Gasteiger partial charge in [0.1, 0.15) is 19.0 Å². The molecule has 0 aromatic heterocycles. The van der Waals surface area contributed by atoms with Crippen LogP contribution in [0.1, 0.15) is 17.3 Å². The Morgan fingerprint density at radius 2 is 1.42 bits per heavy atom. The van der Waals surface area contributed by atoms with Crippen LogP contribution in [0.3, 0.4) is 0 Å². The Morgan fingerprint density at radius 3 is 1.96 bits per heavy atom. The van der Waals surface area contributed by atoms with Crippen molar-refractivity contribution < 1.29 is 24.2 Å². The molecule has 0 atom stereocenters. The van der Waals surface area contributed by atoms with Gasteiger partial charge in [0, 0.05) is 5.57 Å². The molecule has 0 aliphatic rings. The Balaban J connectivity index is 1.88. The van der Waals surface area contributed by atoms with E-state index in [-0.39, 0.29) is 19.0 Å². The third-order valence-corrected chi connectivity index (χ3v) is 3.22. The van der Waals surface area contributed by atoms with Gasteiger partial charge in [-0.2, -0.15) is 0 Å². The van der Waals surface area contributed by atoms with E-state index in [1.807, 2.05) is 0 Å². The third-order valence-electron chi connectivity index (χ3n) is 3.22. The Bertz CT molecular complexity index is 729. The van der Waals surface area contributed by atoms with Crippen molar-refractivity contribution in [1.82, 2.24) is 0 Å². The second-order valence-corrected chi connectivity index (χ2v) is 5.18. The summed E-state index contributed by atoms with van der Waals surface area (Å²) in [6.45, 7) is 4.98. The molecule has 5 heteroatoms. The number of hydrogen-bond donors (Lipinski definition) is 1. The van der Waals surface area contributed by atoms with Gasteiger partial charge in [0.2, 0.25) is 0 Å². The van der Waals surface area contributed by atoms with E-state index in [1.165, 1.54) is 0 Å². The van der Waals surface area contributed by atoms with Crippen molar-refractivity contribution in [3.63, 3.8) is 0 Å². The van der Waals surface area contributed by atoms with Gasteiger partial charge in [-0.3, -0.25) is 0 Å². The van der Waals surface area contributed by atoms with Gasteiger partial charge in [-0.05, 0) is 42.3 Å². The van der Waals surface area contributed by atoms with E-state index in [4.69, 9.17) is 9.47 Å². The van der Waals surface area contributed by atoms with Crippen molar-refractivity contribution in [2.24, 2.45) is 0 Å². The predicted molar refractivity (Wildman–Crippen MR) is 89.6 cm³/mol. The summed E-state index contributed by atoms with van der Waals surface area (Å²) in [5.41, 5.74) is 2.55. The first-order chi connectivity index (χ1) is 11.5. The molecule has 0 heterocycles. The second kappa shape index (κ2) is 7.97. The summed E-state index contributed by atoms with van der Waals surface area (Å²) in [6, 6.07) is 13.7. The zero-order chi connectivity index (χ0) is 17.5. The van der Waals surface area contributed by atoms with Gasteiger partial charge in [-0.25, -0.2) is 9.59 Å². The molecule has 24 heavy (non-hydrogen) atoms. The van der Waals surface area contributed by atoms with Crippen LogP contribution in [0.15, 0.2) is 60.7 Å². The molecular formula is C19H18O5. The van der Waals surface area contributed by atoms with Crippen LogP contribution in [0.25, 0.3) is 11.1 Å². The molecule has 1 N–H and O–H groups in total. The van der Waals surface area contributed by atoms with Crippen LogP contribution in [-0.2, 0) is 14.3 Å². The minimum atomic E-state index is -0.510. The van der Waals surface area contributed by atoms with Gasteiger partial charge in [0.25, 0.3) is 0 Å². The minimum absolute atomic E-state index is 0.0109. The number of aromatic hydroxyl groups is 1. The second-order valence-electron chi connectivity index (χ2n) is 5.18. The van der Waals surface area contributed by atoms with Crippen LogP contribution >= 0.6 is 0 Å².